The van der Waals surface area contributed by atoms with E-state index >= 15 is 0 Å². The van der Waals surface area contributed by atoms with Crippen molar-refractivity contribution in [2.45, 2.75) is 57.0 Å². The first-order chi connectivity index (χ1) is 9.07. The summed E-state index contributed by atoms with van der Waals surface area (Å²) in [6.07, 6.45) is 7.58. The van der Waals surface area contributed by atoms with Crippen molar-refractivity contribution in [3.05, 3.63) is 16.3 Å². The van der Waals surface area contributed by atoms with E-state index in [9.17, 15) is 4.79 Å². The Morgan fingerprint density at radius 2 is 1.79 bits per heavy atom. The average molecular weight is 262 g/mol. The van der Waals surface area contributed by atoms with Crippen molar-refractivity contribution in [3.8, 4) is 0 Å². The van der Waals surface area contributed by atoms with Crippen molar-refractivity contribution in [2.75, 3.05) is 0 Å². The smallest absolute Gasteiger partial charge is 0.322 e. The van der Waals surface area contributed by atoms with Crippen molar-refractivity contribution in [1.29, 1.82) is 0 Å². The van der Waals surface area contributed by atoms with Gasteiger partial charge in [0, 0.05) is 0 Å². The van der Waals surface area contributed by atoms with Crippen molar-refractivity contribution < 1.29 is 0 Å². The van der Waals surface area contributed by atoms with Crippen LogP contribution < -0.4 is 11.4 Å². The molecule has 4 aliphatic carbocycles. The summed E-state index contributed by atoms with van der Waals surface area (Å²) >= 11 is 0. The van der Waals surface area contributed by atoms with Gasteiger partial charge in [0.2, 0.25) is 0 Å². The van der Waals surface area contributed by atoms with Gasteiger partial charge in [0.1, 0.15) is 0 Å². The summed E-state index contributed by atoms with van der Waals surface area (Å²) < 4.78 is 1.93. The fraction of sp³-hybridized carbons (Fsp3) is 0.857. The molecule has 5 nitrogen and oxygen atoms in total. The van der Waals surface area contributed by atoms with E-state index in [1.54, 1.807) is 0 Å². The molecule has 1 heterocycles. The first-order valence-electron chi connectivity index (χ1n) is 7.51. The molecule has 0 radical (unpaired) electrons. The van der Waals surface area contributed by atoms with Gasteiger partial charge in [-0.05, 0) is 63.2 Å². The molecule has 0 aliphatic heterocycles. The zero-order valence-corrected chi connectivity index (χ0v) is 11.4. The third-order valence-electron chi connectivity index (χ3n) is 5.59. The summed E-state index contributed by atoms with van der Waals surface area (Å²) in [5.74, 6) is 3.18. The van der Waals surface area contributed by atoms with Gasteiger partial charge in [-0.3, -0.25) is 4.57 Å². The van der Waals surface area contributed by atoms with Crippen LogP contribution in [-0.4, -0.2) is 14.8 Å². The molecular formula is C14H22N4O. The van der Waals surface area contributed by atoms with Gasteiger partial charge in [0.05, 0.1) is 11.6 Å². The second kappa shape index (κ2) is 3.72. The van der Waals surface area contributed by atoms with Gasteiger partial charge < -0.3 is 5.73 Å². The highest BCUT2D eigenvalue weighted by molar-refractivity contribution is 5.09. The lowest BCUT2D eigenvalue weighted by Gasteiger charge is -2.57. The van der Waals surface area contributed by atoms with Crippen LogP contribution in [0.1, 0.15) is 57.3 Å². The van der Waals surface area contributed by atoms with Crippen molar-refractivity contribution in [1.82, 2.24) is 14.8 Å². The minimum atomic E-state index is -0.188. The number of aromatic nitrogens is 3. The van der Waals surface area contributed by atoms with E-state index in [0.717, 1.165) is 42.8 Å². The molecule has 0 aromatic carbocycles. The molecule has 104 valence electrons. The topological polar surface area (TPSA) is 76.7 Å². The maximum Gasteiger partial charge on any atom is 0.343 e. The number of H-pyrrole nitrogens is 1. The lowest BCUT2D eigenvalue weighted by atomic mass is 9.53. The van der Waals surface area contributed by atoms with E-state index < -0.39 is 0 Å². The Labute approximate surface area is 112 Å². The number of rotatable bonds is 2. The Morgan fingerprint density at radius 3 is 2.26 bits per heavy atom. The lowest BCUT2D eigenvalue weighted by molar-refractivity contribution is -0.0464. The molecule has 1 atom stereocenters. The monoisotopic (exact) mass is 262 g/mol. The highest BCUT2D eigenvalue weighted by Gasteiger charge is 2.53. The number of hydrogen-bond acceptors (Lipinski definition) is 3. The summed E-state index contributed by atoms with van der Waals surface area (Å²) in [6, 6.07) is -0.188. The molecule has 4 fully saturated rings. The Bertz CT molecular complexity index is 521. The van der Waals surface area contributed by atoms with Crippen LogP contribution in [-0.2, 0) is 5.54 Å². The van der Waals surface area contributed by atoms with Crippen molar-refractivity contribution in [2.24, 2.45) is 23.5 Å². The third-order valence-corrected chi connectivity index (χ3v) is 5.59. The Kier molecular flexibility index (Phi) is 2.29. The third kappa shape index (κ3) is 1.57. The van der Waals surface area contributed by atoms with Crippen LogP contribution >= 0.6 is 0 Å². The molecule has 19 heavy (non-hydrogen) atoms. The highest BCUT2D eigenvalue weighted by atomic mass is 16.1. The largest absolute Gasteiger partial charge is 0.343 e. The summed E-state index contributed by atoms with van der Waals surface area (Å²) in [5.41, 5.74) is 5.96. The highest BCUT2D eigenvalue weighted by Crippen LogP contribution is 2.58. The number of aromatic amines is 1. The molecule has 0 saturated heterocycles. The maximum atomic E-state index is 12.2. The predicted octanol–water partition coefficient (Wildman–Crippen LogP) is 1.52. The van der Waals surface area contributed by atoms with Gasteiger partial charge in [-0.1, -0.05) is 0 Å². The molecule has 0 spiro atoms. The molecule has 1 aromatic heterocycles. The second-order valence-corrected chi connectivity index (χ2v) is 7.15. The molecule has 4 bridgehead atoms. The second-order valence-electron chi connectivity index (χ2n) is 7.15. The molecule has 1 unspecified atom stereocenters. The van der Waals surface area contributed by atoms with Crippen molar-refractivity contribution >= 4 is 0 Å². The van der Waals surface area contributed by atoms with Crippen LogP contribution in [0.3, 0.4) is 0 Å². The van der Waals surface area contributed by atoms with Crippen LogP contribution in [0.5, 0.6) is 0 Å². The maximum absolute atomic E-state index is 12.2. The molecule has 4 aliphatic rings. The lowest BCUT2D eigenvalue weighted by Crippen LogP contribution is -2.55. The summed E-state index contributed by atoms with van der Waals surface area (Å²) in [5, 5.41) is 6.79. The number of nitrogens with zero attached hydrogens (tertiary/aromatic N) is 2. The first kappa shape index (κ1) is 11.7. The molecule has 0 amide bonds. The normalized spacial score (nSPS) is 41.7. The van der Waals surface area contributed by atoms with Gasteiger partial charge in [0.15, 0.2) is 5.82 Å². The van der Waals surface area contributed by atoms with Crippen LogP contribution in [0.15, 0.2) is 4.79 Å². The zero-order chi connectivity index (χ0) is 13.2. The summed E-state index contributed by atoms with van der Waals surface area (Å²) in [6.45, 7) is 1.91. The summed E-state index contributed by atoms with van der Waals surface area (Å²) in [7, 11) is 0. The fourth-order valence-corrected chi connectivity index (χ4v) is 5.41. The molecule has 5 heteroatoms. The van der Waals surface area contributed by atoms with Crippen LogP contribution in [0.25, 0.3) is 0 Å². The van der Waals surface area contributed by atoms with Gasteiger partial charge in [-0.15, -0.1) is 0 Å². The van der Waals surface area contributed by atoms with Crippen LogP contribution in [0.4, 0.5) is 0 Å². The number of nitrogens with one attached hydrogen (secondary N) is 1. The minimum absolute atomic E-state index is 0.0157. The van der Waals surface area contributed by atoms with E-state index in [4.69, 9.17) is 5.73 Å². The molecule has 3 N–H and O–H groups in total. The van der Waals surface area contributed by atoms with Crippen LogP contribution in [0, 0.1) is 17.8 Å². The Hall–Kier alpha value is -1.10. The standard InChI is InChI=1S/C14H22N4O/c1-8(15)12-16-17-13(19)18(12)14-5-9-2-10(6-14)4-11(3-9)7-14/h8-11H,2-7,15H2,1H3,(H,17,19). The van der Waals surface area contributed by atoms with Gasteiger partial charge in [-0.25, -0.2) is 9.89 Å². The van der Waals surface area contributed by atoms with Crippen LogP contribution in [0.2, 0.25) is 0 Å². The number of nitrogens with two attached hydrogens (primary N) is 1. The van der Waals surface area contributed by atoms with Crippen molar-refractivity contribution in [3.63, 3.8) is 0 Å². The Morgan fingerprint density at radius 1 is 1.26 bits per heavy atom. The van der Waals surface area contributed by atoms with E-state index in [0.29, 0.717) is 0 Å². The molecule has 4 saturated carbocycles. The van der Waals surface area contributed by atoms with E-state index in [1.165, 1.54) is 19.3 Å². The number of hydrogen-bond donors (Lipinski definition) is 2. The van der Waals surface area contributed by atoms with Gasteiger partial charge >= 0.3 is 5.69 Å². The van der Waals surface area contributed by atoms with E-state index in [1.807, 2.05) is 11.5 Å². The van der Waals surface area contributed by atoms with Gasteiger partial charge in [0.25, 0.3) is 0 Å². The van der Waals surface area contributed by atoms with Gasteiger partial charge in [-0.2, -0.15) is 5.10 Å². The molecular weight excluding hydrogens is 240 g/mol. The zero-order valence-electron chi connectivity index (χ0n) is 11.4. The predicted molar refractivity (Wildman–Crippen MR) is 71.6 cm³/mol. The minimum Gasteiger partial charge on any atom is -0.322 e. The quantitative estimate of drug-likeness (QED) is 0.848. The SMILES string of the molecule is CC(N)c1n[nH]c(=O)n1C12CC3CC(CC(C3)C1)C2. The fourth-order valence-electron chi connectivity index (χ4n) is 5.41. The summed E-state index contributed by atoms with van der Waals surface area (Å²) in [4.78, 5) is 12.2. The molecule has 1 aromatic rings. The average Bonchev–Trinajstić information content (AvgIpc) is 2.70. The van der Waals surface area contributed by atoms with E-state index in [-0.39, 0.29) is 17.3 Å². The van der Waals surface area contributed by atoms with E-state index in [2.05, 4.69) is 10.2 Å². The Balaban J connectivity index is 1.84. The first-order valence-corrected chi connectivity index (χ1v) is 7.51. The molecule has 5 rings (SSSR count).